The molecular weight excluding hydrogens is 314 g/mol. The highest BCUT2D eigenvalue weighted by Crippen LogP contribution is 2.35. The van der Waals surface area contributed by atoms with Gasteiger partial charge in [0, 0.05) is 12.1 Å². The number of pyridine rings is 1. The third-order valence-electron chi connectivity index (χ3n) is 4.63. The fourth-order valence-corrected chi connectivity index (χ4v) is 3.62. The first kappa shape index (κ1) is 16.8. The molecule has 3 aliphatic heterocycles. The Morgan fingerprint density at radius 3 is 2.67 bits per heavy atom. The van der Waals surface area contributed by atoms with Crippen molar-refractivity contribution >= 4 is 5.91 Å². The predicted molar refractivity (Wildman–Crippen MR) is 87.0 cm³/mol. The van der Waals surface area contributed by atoms with E-state index in [1.165, 1.54) is 7.11 Å². The number of carbonyl (C=O) groups excluding carboxylic acids is 1. The fourth-order valence-electron chi connectivity index (χ4n) is 3.62. The molecule has 0 spiro atoms. The van der Waals surface area contributed by atoms with Crippen LogP contribution in [0.3, 0.4) is 0 Å². The molecule has 1 aromatic heterocycles. The van der Waals surface area contributed by atoms with Crippen molar-refractivity contribution in [1.29, 1.82) is 0 Å². The molecule has 1 amide bonds. The molecule has 24 heavy (non-hydrogen) atoms. The Morgan fingerprint density at radius 1 is 1.29 bits per heavy atom. The largest absolute Gasteiger partial charge is 0.491 e. The molecular formula is C16H23N3O5. The maximum atomic E-state index is 12.8. The van der Waals surface area contributed by atoms with E-state index in [4.69, 9.17) is 9.47 Å². The van der Waals surface area contributed by atoms with E-state index >= 15 is 0 Å². The second kappa shape index (κ2) is 6.10. The van der Waals surface area contributed by atoms with Crippen LogP contribution in [0.4, 0.5) is 0 Å². The van der Waals surface area contributed by atoms with E-state index in [1.807, 2.05) is 18.9 Å². The Morgan fingerprint density at radius 2 is 2.00 bits per heavy atom. The topological polar surface area (TPSA) is 84.2 Å². The van der Waals surface area contributed by atoms with Gasteiger partial charge in [0.05, 0.1) is 32.6 Å². The van der Waals surface area contributed by atoms with Gasteiger partial charge >= 0.3 is 0 Å². The van der Waals surface area contributed by atoms with E-state index in [0.717, 1.165) is 0 Å². The number of ether oxygens (including phenoxy) is 2. The van der Waals surface area contributed by atoms with Crippen molar-refractivity contribution in [2.24, 2.45) is 0 Å². The van der Waals surface area contributed by atoms with E-state index < -0.39 is 6.10 Å². The minimum atomic E-state index is -0.813. The fraction of sp³-hybridized carbons (Fsp3) is 0.625. The van der Waals surface area contributed by atoms with E-state index in [9.17, 15) is 14.7 Å². The third-order valence-corrected chi connectivity index (χ3v) is 4.63. The summed E-state index contributed by atoms with van der Waals surface area (Å²) in [7, 11) is 1.38. The normalized spacial score (nSPS) is 24.1. The van der Waals surface area contributed by atoms with Gasteiger partial charge in [0.15, 0.2) is 11.4 Å². The first-order valence-corrected chi connectivity index (χ1v) is 8.23. The molecule has 2 atom stereocenters. The quantitative estimate of drug-likeness (QED) is 0.776. The van der Waals surface area contributed by atoms with E-state index in [-0.39, 0.29) is 28.9 Å². The third kappa shape index (κ3) is 2.06. The van der Waals surface area contributed by atoms with Crippen LogP contribution in [0.25, 0.3) is 0 Å². The number of hydrogen-bond donors (Lipinski definition) is 1. The lowest BCUT2D eigenvalue weighted by atomic mass is 10.1. The van der Waals surface area contributed by atoms with E-state index in [0.29, 0.717) is 37.6 Å². The molecule has 4 heterocycles. The van der Waals surface area contributed by atoms with Crippen LogP contribution in [0.5, 0.6) is 5.75 Å². The first-order valence-electron chi connectivity index (χ1n) is 8.23. The Labute approximate surface area is 140 Å². The molecule has 8 nitrogen and oxygen atoms in total. The van der Waals surface area contributed by atoms with Gasteiger partial charge in [-0.15, -0.1) is 0 Å². The van der Waals surface area contributed by atoms with E-state index in [1.54, 1.807) is 16.5 Å². The zero-order valence-electron chi connectivity index (χ0n) is 14.4. The second-order valence-corrected chi connectivity index (χ2v) is 5.72. The van der Waals surface area contributed by atoms with Crippen LogP contribution in [-0.2, 0) is 4.74 Å². The van der Waals surface area contributed by atoms with Gasteiger partial charge in [0.25, 0.3) is 5.91 Å². The minimum absolute atomic E-state index is 0.0373. The van der Waals surface area contributed by atoms with Gasteiger partial charge in [-0.3, -0.25) is 14.6 Å². The lowest BCUT2D eigenvalue weighted by molar-refractivity contribution is -0.0163. The summed E-state index contributed by atoms with van der Waals surface area (Å²) in [5.41, 5.74) is 0.737. The molecule has 8 heteroatoms. The molecule has 0 radical (unpaired) electrons. The smallest absolute Gasteiger partial charge is 0.278 e. The molecule has 0 bridgehead atoms. The van der Waals surface area contributed by atoms with Crippen LogP contribution >= 0.6 is 0 Å². The molecule has 1 N–H and O–H groups in total. The van der Waals surface area contributed by atoms with Gasteiger partial charge in [-0.1, -0.05) is 13.8 Å². The van der Waals surface area contributed by atoms with Crippen molar-refractivity contribution in [2.45, 2.75) is 33.0 Å². The molecule has 132 valence electrons. The highest BCUT2D eigenvalue weighted by molar-refractivity contribution is 5.97. The lowest BCUT2D eigenvalue weighted by Gasteiger charge is -2.46. The second-order valence-electron chi connectivity index (χ2n) is 5.72. The number of methoxy groups -OCH3 is 1. The molecule has 0 aromatic carbocycles. The van der Waals surface area contributed by atoms with Gasteiger partial charge in [0.1, 0.15) is 12.3 Å². The van der Waals surface area contributed by atoms with Crippen molar-refractivity contribution in [2.75, 3.05) is 38.4 Å². The Hall–Kier alpha value is -2.06. The van der Waals surface area contributed by atoms with Crippen LogP contribution in [-0.4, -0.2) is 60.2 Å². The number of aliphatic hydroxyl groups excluding tert-OH is 1. The summed E-state index contributed by atoms with van der Waals surface area (Å²) in [6, 6.07) is 0. The molecule has 4 rings (SSSR count). The summed E-state index contributed by atoms with van der Waals surface area (Å²) in [4.78, 5) is 27.0. The number of amides is 1. The van der Waals surface area contributed by atoms with Gasteiger partial charge in [-0.2, -0.15) is 0 Å². The number of rotatable bonds is 1. The monoisotopic (exact) mass is 337 g/mol. The summed E-state index contributed by atoms with van der Waals surface area (Å²) in [5, 5.41) is 12.2. The molecule has 1 fully saturated rings. The average Bonchev–Trinajstić information content (AvgIpc) is 2.96. The standard InChI is InChI=1S/C14H17N3O5.C2H6/c1-7-10-8(18)5-16-9-6-22-4-3-15(9)14(20)11(17(10)16)13(21-2)12(7)19;1-2/h8-9,18H,3-6H2,1-2H3;1-2H3. The van der Waals surface area contributed by atoms with Gasteiger partial charge in [-0.25, -0.2) is 4.68 Å². The molecule has 0 saturated carbocycles. The molecule has 1 saturated heterocycles. The van der Waals surface area contributed by atoms with Crippen molar-refractivity contribution in [3.63, 3.8) is 0 Å². The van der Waals surface area contributed by atoms with E-state index in [2.05, 4.69) is 0 Å². The number of nitrogens with zero attached hydrogens (tertiary/aromatic N) is 3. The van der Waals surface area contributed by atoms with Crippen LogP contribution in [0.2, 0.25) is 0 Å². The first-order chi connectivity index (χ1) is 11.6. The summed E-state index contributed by atoms with van der Waals surface area (Å²) in [6.07, 6.45) is -1.08. The lowest BCUT2D eigenvalue weighted by Crippen LogP contribution is -2.64. The maximum Gasteiger partial charge on any atom is 0.278 e. The summed E-state index contributed by atoms with van der Waals surface area (Å²) < 4.78 is 12.4. The molecule has 0 aliphatic carbocycles. The summed E-state index contributed by atoms with van der Waals surface area (Å²) in [6.45, 7) is 7.26. The average molecular weight is 337 g/mol. The number of aliphatic hydroxyl groups is 1. The Bertz CT molecular complexity index is 729. The molecule has 2 unspecified atom stereocenters. The van der Waals surface area contributed by atoms with Crippen molar-refractivity contribution in [1.82, 2.24) is 9.58 Å². The number of fused-ring (bicyclic) bond motifs is 2. The zero-order chi connectivity index (χ0) is 17.6. The maximum absolute atomic E-state index is 12.8. The van der Waals surface area contributed by atoms with Crippen LogP contribution < -0.4 is 15.2 Å². The van der Waals surface area contributed by atoms with Gasteiger partial charge < -0.3 is 19.5 Å². The van der Waals surface area contributed by atoms with Crippen LogP contribution in [0.15, 0.2) is 4.79 Å². The van der Waals surface area contributed by atoms with Gasteiger partial charge in [0.2, 0.25) is 5.43 Å². The number of aromatic nitrogens is 1. The Kier molecular flexibility index (Phi) is 4.27. The highest BCUT2D eigenvalue weighted by atomic mass is 16.5. The highest BCUT2D eigenvalue weighted by Gasteiger charge is 2.47. The van der Waals surface area contributed by atoms with Gasteiger partial charge in [-0.05, 0) is 6.92 Å². The number of hydrogen-bond acceptors (Lipinski definition) is 6. The van der Waals surface area contributed by atoms with Crippen molar-refractivity contribution < 1.29 is 19.4 Å². The van der Waals surface area contributed by atoms with Crippen LogP contribution in [0, 0.1) is 6.92 Å². The van der Waals surface area contributed by atoms with Crippen molar-refractivity contribution in [3.05, 3.63) is 27.2 Å². The summed E-state index contributed by atoms with van der Waals surface area (Å²) >= 11 is 0. The number of carbonyl (C=O) groups is 1. The number of morpholine rings is 1. The zero-order valence-corrected chi connectivity index (χ0v) is 14.4. The van der Waals surface area contributed by atoms with Crippen molar-refractivity contribution in [3.8, 4) is 5.75 Å². The molecule has 3 aliphatic rings. The predicted octanol–water partition coefficient (Wildman–Crippen LogP) is -0.0114. The Balaban J connectivity index is 0.000000815. The molecule has 1 aromatic rings. The summed E-state index contributed by atoms with van der Waals surface area (Å²) in [5.74, 6) is -0.218. The minimum Gasteiger partial charge on any atom is -0.491 e. The SMILES string of the molecule is CC.COc1c2n3c(c(C)c1=O)C(O)CN3C1COCCN1C2=O. The van der Waals surface area contributed by atoms with Crippen LogP contribution in [0.1, 0.15) is 41.7 Å².